The summed E-state index contributed by atoms with van der Waals surface area (Å²) in [5.74, 6) is -0.937. The number of urea groups is 1. The predicted molar refractivity (Wildman–Crippen MR) is 164 cm³/mol. The first-order valence-electron chi connectivity index (χ1n) is 14.3. The van der Waals surface area contributed by atoms with Gasteiger partial charge in [0.1, 0.15) is 11.9 Å². The normalized spacial score (nSPS) is 17.7. The zero-order valence-corrected chi connectivity index (χ0v) is 25.2. The van der Waals surface area contributed by atoms with Crippen LogP contribution in [0.5, 0.6) is 0 Å². The Morgan fingerprint density at radius 3 is 2.33 bits per heavy atom. The number of rotatable bonds is 8. The highest BCUT2D eigenvalue weighted by Gasteiger charge is 2.42. The molecule has 3 aromatic rings. The summed E-state index contributed by atoms with van der Waals surface area (Å²) < 4.78 is 14.6. The number of aromatic nitrogens is 1. The van der Waals surface area contributed by atoms with Crippen LogP contribution in [0.3, 0.4) is 0 Å². The maximum Gasteiger partial charge on any atom is 0.312 e. The molecule has 1 aromatic heterocycles. The van der Waals surface area contributed by atoms with Crippen molar-refractivity contribution in [2.45, 2.75) is 76.8 Å². The molecule has 0 radical (unpaired) electrons. The van der Waals surface area contributed by atoms with Gasteiger partial charge in [-0.15, -0.1) is 0 Å². The van der Waals surface area contributed by atoms with Crippen molar-refractivity contribution in [2.24, 2.45) is 22.8 Å². The van der Waals surface area contributed by atoms with E-state index in [-0.39, 0.29) is 22.3 Å². The lowest BCUT2D eigenvalue weighted by Crippen LogP contribution is -2.47. The van der Waals surface area contributed by atoms with E-state index in [0.29, 0.717) is 17.0 Å². The number of nitrogens with one attached hydrogen (secondary N) is 3. The number of carbonyl (C=O) groups excluding carboxylic acids is 3. The number of para-hydroxylation sites is 1. The highest BCUT2D eigenvalue weighted by Crippen LogP contribution is 2.50. The quantitative estimate of drug-likeness (QED) is 0.189. The number of primary amides is 2. The molecule has 0 bridgehead atoms. The number of benzene rings is 2. The number of carbonyl (C=O) groups is 3. The van der Waals surface area contributed by atoms with Gasteiger partial charge in [0.25, 0.3) is 0 Å². The van der Waals surface area contributed by atoms with E-state index in [1.807, 2.05) is 24.3 Å². The molecule has 2 saturated carbocycles. The zero-order valence-electron chi connectivity index (χ0n) is 23.7. The summed E-state index contributed by atoms with van der Waals surface area (Å²) in [6.45, 7) is 2.12. The summed E-state index contributed by atoms with van der Waals surface area (Å²) in [6, 6.07) is 8.49. The Labute approximate surface area is 255 Å². The van der Waals surface area contributed by atoms with Crippen molar-refractivity contribution >= 4 is 52.0 Å². The van der Waals surface area contributed by atoms with Crippen LogP contribution in [0.15, 0.2) is 42.6 Å². The summed E-state index contributed by atoms with van der Waals surface area (Å²) in [4.78, 5) is 37.9. The number of H-pyrrole nitrogens is 1. The third kappa shape index (κ3) is 7.36. The van der Waals surface area contributed by atoms with E-state index in [0.717, 1.165) is 67.8 Å². The topological polar surface area (TPSA) is 143 Å². The van der Waals surface area contributed by atoms with Crippen molar-refractivity contribution in [1.29, 1.82) is 0 Å². The van der Waals surface area contributed by atoms with Gasteiger partial charge in [0, 0.05) is 35.0 Å². The number of amides is 4. The third-order valence-electron chi connectivity index (χ3n) is 8.58. The smallest absolute Gasteiger partial charge is 0.312 e. The third-order valence-corrected chi connectivity index (χ3v) is 9.40. The second kappa shape index (κ2) is 13.8. The van der Waals surface area contributed by atoms with Crippen molar-refractivity contribution in [3.8, 4) is 0 Å². The Bertz CT molecular complexity index is 1430. The maximum atomic E-state index is 14.6. The van der Waals surface area contributed by atoms with E-state index in [1.165, 1.54) is 12.1 Å². The second-order valence-corrected chi connectivity index (χ2v) is 12.4. The van der Waals surface area contributed by atoms with Gasteiger partial charge >= 0.3 is 6.03 Å². The summed E-state index contributed by atoms with van der Waals surface area (Å²) >= 11 is 12.5. The van der Waals surface area contributed by atoms with E-state index < -0.39 is 29.8 Å². The first-order valence-corrected chi connectivity index (χ1v) is 15.1. The molecule has 2 atom stereocenters. The van der Waals surface area contributed by atoms with Crippen LogP contribution >= 0.6 is 23.2 Å². The Kier molecular flexibility index (Phi) is 10.4. The van der Waals surface area contributed by atoms with Gasteiger partial charge in [0.15, 0.2) is 0 Å². The predicted octanol–water partition coefficient (Wildman–Crippen LogP) is 6.29. The fourth-order valence-corrected chi connectivity index (χ4v) is 6.66. The van der Waals surface area contributed by atoms with Crippen LogP contribution in [0.4, 0.5) is 9.18 Å². The molecule has 5 rings (SSSR count). The summed E-state index contributed by atoms with van der Waals surface area (Å²) in [6.07, 6.45) is 10.2. The zero-order chi connectivity index (χ0) is 30.4. The minimum Gasteiger partial charge on any atom is -0.368 e. The maximum absolute atomic E-state index is 14.6. The van der Waals surface area contributed by atoms with E-state index in [9.17, 15) is 18.8 Å². The molecule has 11 heteroatoms. The molecule has 7 N–H and O–H groups in total. The average molecular weight is 619 g/mol. The summed E-state index contributed by atoms with van der Waals surface area (Å²) in [5, 5.41) is 7.02. The molecular weight excluding hydrogens is 580 g/mol. The van der Waals surface area contributed by atoms with E-state index in [2.05, 4.69) is 22.5 Å². The Hall–Kier alpha value is -3.30. The largest absolute Gasteiger partial charge is 0.368 e. The molecule has 0 saturated heterocycles. The first-order chi connectivity index (χ1) is 20.0. The molecule has 226 valence electrons. The molecule has 4 amide bonds. The van der Waals surface area contributed by atoms with Crippen molar-refractivity contribution in [1.82, 2.24) is 15.6 Å². The fraction of sp³-hybridized carbons (Fsp3) is 0.452. The van der Waals surface area contributed by atoms with Gasteiger partial charge < -0.3 is 27.1 Å². The Balaban J connectivity index is 0.000000201. The SMILES string of the molecule is CC1(C(NC(=O)C2CCCC2)c2c(F)ccc(Cl)c2Cl)CCCC1.NC(=O)NC(Cc1c[nH]c2ccccc12)C(N)=O. The fourth-order valence-electron chi connectivity index (χ4n) is 6.24. The number of aromatic amines is 1. The van der Waals surface area contributed by atoms with Crippen molar-refractivity contribution in [2.75, 3.05) is 0 Å². The van der Waals surface area contributed by atoms with Gasteiger partial charge in [-0.3, -0.25) is 9.59 Å². The van der Waals surface area contributed by atoms with Crippen LogP contribution < -0.4 is 22.1 Å². The number of hydrogen-bond acceptors (Lipinski definition) is 3. The molecule has 0 aliphatic heterocycles. The van der Waals surface area contributed by atoms with Crippen LogP contribution in [0.1, 0.15) is 75.5 Å². The highest BCUT2D eigenvalue weighted by atomic mass is 35.5. The van der Waals surface area contributed by atoms with Gasteiger partial charge in [0.05, 0.1) is 16.1 Å². The lowest BCUT2D eigenvalue weighted by molar-refractivity contribution is -0.126. The number of nitrogens with two attached hydrogens (primary N) is 2. The van der Waals surface area contributed by atoms with Crippen LogP contribution in [0, 0.1) is 17.2 Å². The standard InChI is InChI=1S/C19H24Cl2FNO.C12H14N4O2/c1-19(10-4-5-11-19)17(23-18(24)12-6-2-3-7-12)15-14(22)9-8-13(20)16(15)21;13-11(17)10(16-12(14)18)5-7-6-15-9-4-2-1-3-8(7)9/h8-9,12,17H,2-7,10-11H2,1H3,(H,23,24);1-4,6,10,15H,5H2,(H2,13,17)(H3,14,16,18). The molecule has 2 unspecified atom stereocenters. The van der Waals surface area contributed by atoms with Gasteiger partial charge in [-0.2, -0.15) is 0 Å². The van der Waals surface area contributed by atoms with E-state index >= 15 is 0 Å². The molecule has 1 heterocycles. The van der Waals surface area contributed by atoms with Crippen molar-refractivity contribution in [3.63, 3.8) is 0 Å². The van der Waals surface area contributed by atoms with Crippen LogP contribution in [0.2, 0.25) is 10.0 Å². The van der Waals surface area contributed by atoms with E-state index in [4.69, 9.17) is 34.7 Å². The molecule has 8 nitrogen and oxygen atoms in total. The van der Waals surface area contributed by atoms with Gasteiger partial charge in [-0.05, 0) is 54.9 Å². The monoisotopic (exact) mass is 617 g/mol. The summed E-state index contributed by atoms with van der Waals surface area (Å²) in [5.41, 5.74) is 12.3. The molecule has 2 aromatic carbocycles. The molecule has 0 spiro atoms. The van der Waals surface area contributed by atoms with Crippen LogP contribution in [-0.4, -0.2) is 28.9 Å². The van der Waals surface area contributed by atoms with Crippen molar-refractivity contribution in [3.05, 3.63) is 69.6 Å². The molecule has 2 fully saturated rings. The van der Waals surface area contributed by atoms with Gasteiger partial charge in [-0.25, -0.2) is 9.18 Å². The highest BCUT2D eigenvalue weighted by molar-refractivity contribution is 6.42. The first kappa shape index (κ1) is 31.6. The minimum absolute atomic E-state index is 0.0288. The van der Waals surface area contributed by atoms with Crippen LogP contribution in [0.25, 0.3) is 10.9 Å². The van der Waals surface area contributed by atoms with Crippen molar-refractivity contribution < 1.29 is 18.8 Å². The van der Waals surface area contributed by atoms with Crippen LogP contribution in [-0.2, 0) is 16.0 Å². The Morgan fingerprint density at radius 1 is 1.02 bits per heavy atom. The number of hydrogen-bond donors (Lipinski definition) is 5. The van der Waals surface area contributed by atoms with Gasteiger partial charge in [-0.1, -0.05) is 74.0 Å². The lowest BCUT2D eigenvalue weighted by Gasteiger charge is -2.36. The second-order valence-electron chi connectivity index (χ2n) is 11.6. The molecule has 2 aliphatic rings. The average Bonchev–Trinajstić information content (AvgIpc) is 3.72. The molecular formula is C31H38Cl2FN5O3. The lowest BCUT2D eigenvalue weighted by atomic mass is 9.76. The van der Waals surface area contributed by atoms with E-state index in [1.54, 1.807) is 6.20 Å². The number of fused-ring (bicyclic) bond motifs is 1. The minimum atomic E-state index is -0.804. The number of halogens is 3. The Morgan fingerprint density at radius 2 is 1.69 bits per heavy atom. The summed E-state index contributed by atoms with van der Waals surface area (Å²) in [7, 11) is 0. The van der Waals surface area contributed by atoms with Gasteiger partial charge in [0.2, 0.25) is 11.8 Å². The molecule has 42 heavy (non-hydrogen) atoms. The molecule has 2 aliphatic carbocycles.